The van der Waals surface area contributed by atoms with Crippen LogP contribution in [-0.4, -0.2) is 69.9 Å². The average molecular weight is 414 g/mol. The maximum Gasteiger partial charge on any atom is 0.320 e. The number of carbonyl (C=O) groups is 2. The van der Waals surface area contributed by atoms with E-state index in [2.05, 4.69) is 5.32 Å². The second-order valence-corrected chi connectivity index (χ2v) is 7.07. The number of carbonyl (C=O) groups excluding carboxylic acids is 2. The van der Waals surface area contributed by atoms with Crippen LogP contribution >= 0.6 is 11.6 Å². The Hall–Kier alpha value is -2.03. The van der Waals surface area contributed by atoms with Crippen molar-refractivity contribution in [2.75, 3.05) is 52.8 Å². The lowest BCUT2D eigenvalue weighted by atomic mass is 10.0. The number of amides is 1. The summed E-state index contributed by atoms with van der Waals surface area (Å²) in [6.07, 6.45) is 2.18. The van der Waals surface area contributed by atoms with Gasteiger partial charge in [-0.25, -0.2) is 0 Å². The summed E-state index contributed by atoms with van der Waals surface area (Å²) >= 11 is 6.03. The lowest BCUT2D eigenvalue weighted by Crippen LogP contribution is -2.46. The number of rotatable bonds is 9. The fourth-order valence-electron chi connectivity index (χ4n) is 3.03. The van der Waals surface area contributed by atoms with Crippen LogP contribution in [0.25, 0.3) is 0 Å². The summed E-state index contributed by atoms with van der Waals surface area (Å²) in [5.74, 6) is -0.109. The van der Waals surface area contributed by atoms with Crippen molar-refractivity contribution in [2.45, 2.75) is 25.3 Å². The van der Waals surface area contributed by atoms with Crippen LogP contribution < -0.4 is 15.8 Å². The Labute approximate surface area is 170 Å². The average Bonchev–Trinajstić information content (AvgIpc) is 2.68. The van der Waals surface area contributed by atoms with Crippen LogP contribution in [0.3, 0.4) is 0 Å². The maximum atomic E-state index is 12.6. The molecule has 0 radical (unpaired) electrons. The molecule has 2 rings (SSSR count). The number of nitrogen functional groups attached to an aromatic ring is 1. The first-order chi connectivity index (χ1) is 13.4. The highest BCUT2D eigenvalue weighted by molar-refractivity contribution is 6.33. The molecule has 0 atom stereocenters. The van der Waals surface area contributed by atoms with Gasteiger partial charge in [0, 0.05) is 45.3 Å². The molecule has 0 unspecified atom stereocenters. The van der Waals surface area contributed by atoms with Gasteiger partial charge >= 0.3 is 5.97 Å². The number of esters is 1. The van der Waals surface area contributed by atoms with Gasteiger partial charge in [0.1, 0.15) is 5.75 Å². The van der Waals surface area contributed by atoms with E-state index in [1.165, 1.54) is 19.2 Å². The first-order valence-electron chi connectivity index (χ1n) is 9.25. The first kappa shape index (κ1) is 22.3. The van der Waals surface area contributed by atoms with Crippen molar-refractivity contribution in [3.05, 3.63) is 22.7 Å². The second-order valence-electron chi connectivity index (χ2n) is 6.66. The van der Waals surface area contributed by atoms with Crippen molar-refractivity contribution in [2.24, 2.45) is 0 Å². The molecular formula is C19H28ClN3O5. The van der Waals surface area contributed by atoms with Gasteiger partial charge in [0.05, 0.1) is 36.5 Å². The maximum absolute atomic E-state index is 12.6. The zero-order valence-corrected chi connectivity index (χ0v) is 17.1. The number of hydrogen-bond acceptors (Lipinski definition) is 7. The number of halogens is 1. The zero-order valence-electron chi connectivity index (χ0n) is 16.3. The van der Waals surface area contributed by atoms with Gasteiger partial charge in [-0.3, -0.25) is 14.5 Å². The highest BCUT2D eigenvalue weighted by atomic mass is 35.5. The van der Waals surface area contributed by atoms with Gasteiger partial charge in [-0.2, -0.15) is 0 Å². The van der Waals surface area contributed by atoms with E-state index in [0.717, 1.165) is 12.8 Å². The van der Waals surface area contributed by atoms with E-state index < -0.39 is 0 Å². The fourth-order valence-corrected chi connectivity index (χ4v) is 3.20. The molecule has 28 heavy (non-hydrogen) atoms. The first-order valence-corrected chi connectivity index (χ1v) is 9.63. The van der Waals surface area contributed by atoms with E-state index >= 15 is 0 Å². The quantitative estimate of drug-likeness (QED) is 0.361. The topological polar surface area (TPSA) is 103 Å². The lowest BCUT2D eigenvalue weighted by Gasteiger charge is -2.31. The van der Waals surface area contributed by atoms with Crippen LogP contribution in [0, 0.1) is 0 Å². The molecule has 0 bridgehead atoms. The molecule has 9 heteroatoms. The molecule has 1 aromatic carbocycles. The highest BCUT2D eigenvalue weighted by Crippen LogP contribution is 2.29. The third-order valence-electron chi connectivity index (χ3n) is 4.59. The molecule has 1 amide bonds. The minimum Gasteiger partial charge on any atom is -0.496 e. The van der Waals surface area contributed by atoms with E-state index in [0.29, 0.717) is 54.7 Å². The molecular weight excluding hydrogens is 386 g/mol. The SMILES string of the molecule is COCCCOC(=O)CN1CCC(NC(=O)c2cc(Cl)c(N)cc2OC)CC1. The van der Waals surface area contributed by atoms with Gasteiger partial charge in [0.2, 0.25) is 0 Å². The molecule has 0 spiro atoms. The van der Waals surface area contributed by atoms with Crippen LogP contribution in [-0.2, 0) is 14.3 Å². The van der Waals surface area contributed by atoms with Crippen LogP contribution in [0.5, 0.6) is 5.75 Å². The van der Waals surface area contributed by atoms with Crippen LogP contribution in [0.1, 0.15) is 29.6 Å². The predicted molar refractivity (Wildman–Crippen MR) is 107 cm³/mol. The van der Waals surface area contributed by atoms with E-state index in [-0.39, 0.29) is 24.5 Å². The molecule has 1 heterocycles. The molecule has 1 saturated heterocycles. The van der Waals surface area contributed by atoms with E-state index in [1.807, 2.05) is 4.90 Å². The fraction of sp³-hybridized carbons (Fsp3) is 0.579. The molecule has 0 saturated carbocycles. The Kier molecular flexibility index (Phi) is 8.82. The van der Waals surface area contributed by atoms with Crippen LogP contribution in [0.15, 0.2) is 12.1 Å². The van der Waals surface area contributed by atoms with Crippen molar-refractivity contribution in [3.8, 4) is 5.75 Å². The number of hydrogen-bond donors (Lipinski definition) is 2. The van der Waals surface area contributed by atoms with Gasteiger partial charge < -0.3 is 25.3 Å². The number of likely N-dealkylation sites (tertiary alicyclic amines) is 1. The molecule has 8 nitrogen and oxygen atoms in total. The summed E-state index contributed by atoms with van der Waals surface area (Å²) in [6.45, 7) is 2.61. The third-order valence-corrected chi connectivity index (χ3v) is 4.92. The summed E-state index contributed by atoms with van der Waals surface area (Å²) in [7, 11) is 3.09. The number of nitrogens with one attached hydrogen (secondary N) is 1. The summed E-state index contributed by atoms with van der Waals surface area (Å²) in [5, 5.41) is 3.31. The molecule has 0 aliphatic carbocycles. The molecule has 1 aliphatic heterocycles. The highest BCUT2D eigenvalue weighted by Gasteiger charge is 2.24. The Balaban J connectivity index is 1.79. The Morgan fingerprint density at radius 3 is 2.61 bits per heavy atom. The summed E-state index contributed by atoms with van der Waals surface area (Å²) < 4.78 is 15.3. The molecule has 3 N–H and O–H groups in total. The van der Waals surface area contributed by atoms with E-state index in [4.69, 9.17) is 31.5 Å². The molecule has 156 valence electrons. The number of benzene rings is 1. The van der Waals surface area contributed by atoms with Crippen molar-refractivity contribution in [3.63, 3.8) is 0 Å². The predicted octanol–water partition coefficient (Wildman–Crippen LogP) is 1.70. The minimum absolute atomic E-state index is 0.0162. The second kappa shape index (κ2) is 11.1. The van der Waals surface area contributed by atoms with E-state index in [1.54, 1.807) is 7.11 Å². The van der Waals surface area contributed by atoms with Gasteiger partial charge in [-0.15, -0.1) is 0 Å². The zero-order chi connectivity index (χ0) is 20.5. The standard InChI is InChI=1S/C19H28ClN3O5/c1-26-8-3-9-28-18(24)12-23-6-4-13(5-7-23)22-19(25)14-10-15(20)16(21)11-17(14)27-2/h10-11,13H,3-9,12,21H2,1-2H3,(H,22,25). The molecule has 0 aromatic heterocycles. The number of piperidine rings is 1. The molecule has 1 aliphatic rings. The Morgan fingerprint density at radius 2 is 1.96 bits per heavy atom. The summed E-state index contributed by atoms with van der Waals surface area (Å²) in [6, 6.07) is 3.07. The number of anilines is 1. The Morgan fingerprint density at radius 1 is 1.25 bits per heavy atom. The van der Waals surface area contributed by atoms with Crippen LogP contribution in [0.4, 0.5) is 5.69 Å². The van der Waals surface area contributed by atoms with Crippen LogP contribution in [0.2, 0.25) is 5.02 Å². The summed E-state index contributed by atoms with van der Waals surface area (Å²) in [4.78, 5) is 26.5. The smallest absolute Gasteiger partial charge is 0.320 e. The van der Waals surface area contributed by atoms with Gasteiger partial charge in [-0.1, -0.05) is 11.6 Å². The number of methoxy groups -OCH3 is 2. The van der Waals surface area contributed by atoms with E-state index in [9.17, 15) is 9.59 Å². The molecule has 1 aromatic rings. The largest absolute Gasteiger partial charge is 0.496 e. The normalized spacial score (nSPS) is 15.2. The third kappa shape index (κ3) is 6.54. The van der Waals surface area contributed by atoms with Gasteiger partial charge in [0.25, 0.3) is 5.91 Å². The lowest BCUT2D eigenvalue weighted by molar-refractivity contribution is -0.145. The van der Waals surface area contributed by atoms with Gasteiger partial charge in [-0.05, 0) is 18.9 Å². The van der Waals surface area contributed by atoms with Gasteiger partial charge in [0.15, 0.2) is 0 Å². The molecule has 1 fully saturated rings. The number of nitrogens with two attached hydrogens (primary N) is 1. The van der Waals surface area contributed by atoms with Crippen molar-refractivity contribution < 1.29 is 23.8 Å². The van der Waals surface area contributed by atoms with Crippen molar-refractivity contribution in [1.82, 2.24) is 10.2 Å². The number of ether oxygens (including phenoxy) is 3. The monoisotopic (exact) mass is 413 g/mol. The van der Waals surface area contributed by atoms with Crippen molar-refractivity contribution >= 4 is 29.2 Å². The summed E-state index contributed by atoms with van der Waals surface area (Å²) in [5.41, 5.74) is 6.47. The Bertz CT molecular complexity index is 678. The van der Waals surface area contributed by atoms with Crippen molar-refractivity contribution in [1.29, 1.82) is 0 Å². The number of nitrogens with zero attached hydrogens (tertiary/aromatic N) is 1. The minimum atomic E-state index is -0.255.